The predicted octanol–water partition coefficient (Wildman–Crippen LogP) is 4.89. The molecular formula is C16H16F3N. The van der Waals surface area contributed by atoms with Crippen LogP contribution in [0.25, 0.3) is 0 Å². The highest BCUT2D eigenvalue weighted by atomic mass is 19.2. The quantitative estimate of drug-likeness (QED) is 0.788. The van der Waals surface area contributed by atoms with Crippen molar-refractivity contribution in [3.05, 3.63) is 64.5 Å². The van der Waals surface area contributed by atoms with Gasteiger partial charge in [-0.05, 0) is 26.3 Å². The van der Waals surface area contributed by atoms with E-state index < -0.39 is 17.5 Å². The molecule has 1 N–H and O–H groups in total. The van der Waals surface area contributed by atoms with Crippen LogP contribution in [0.3, 0.4) is 0 Å². The number of hydrogen-bond acceptors (Lipinski definition) is 1. The van der Waals surface area contributed by atoms with Crippen LogP contribution in [0.4, 0.5) is 18.9 Å². The number of benzene rings is 2. The van der Waals surface area contributed by atoms with Crippen LogP contribution in [-0.4, -0.2) is 0 Å². The van der Waals surface area contributed by atoms with E-state index in [1.54, 1.807) is 0 Å². The zero-order chi connectivity index (χ0) is 14.9. The smallest absolute Gasteiger partial charge is 0.182 e. The summed E-state index contributed by atoms with van der Waals surface area (Å²) in [6.45, 7) is 5.74. The lowest BCUT2D eigenvalue weighted by Crippen LogP contribution is -2.09. The van der Waals surface area contributed by atoms with Gasteiger partial charge in [0.1, 0.15) is 5.82 Å². The Morgan fingerprint density at radius 2 is 1.50 bits per heavy atom. The minimum atomic E-state index is -1.19. The van der Waals surface area contributed by atoms with E-state index in [-0.39, 0.29) is 11.7 Å². The van der Waals surface area contributed by atoms with Crippen molar-refractivity contribution in [2.45, 2.75) is 26.8 Å². The minimum Gasteiger partial charge on any atom is -0.376 e. The fourth-order valence-electron chi connectivity index (χ4n) is 2.24. The van der Waals surface area contributed by atoms with Gasteiger partial charge < -0.3 is 5.32 Å². The number of nitrogens with one attached hydrogen (secondary N) is 1. The van der Waals surface area contributed by atoms with Crippen molar-refractivity contribution in [3.8, 4) is 0 Å². The first kappa shape index (κ1) is 14.4. The van der Waals surface area contributed by atoms with Crippen molar-refractivity contribution in [1.29, 1.82) is 0 Å². The molecule has 20 heavy (non-hydrogen) atoms. The molecule has 0 saturated carbocycles. The second-order valence-corrected chi connectivity index (χ2v) is 5.04. The maximum Gasteiger partial charge on any atom is 0.182 e. The number of halogens is 3. The monoisotopic (exact) mass is 279 g/mol. The van der Waals surface area contributed by atoms with Crippen LogP contribution in [0, 0.1) is 31.3 Å². The molecule has 0 bridgehead atoms. The molecule has 0 saturated heterocycles. The van der Waals surface area contributed by atoms with E-state index in [1.807, 2.05) is 39.0 Å². The van der Waals surface area contributed by atoms with E-state index >= 15 is 0 Å². The molecule has 0 radical (unpaired) electrons. The van der Waals surface area contributed by atoms with Crippen LogP contribution in [0.1, 0.15) is 29.7 Å². The van der Waals surface area contributed by atoms with Crippen LogP contribution >= 0.6 is 0 Å². The van der Waals surface area contributed by atoms with Crippen molar-refractivity contribution in [3.63, 3.8) is 0 Å². The highest BCUT2D eigenvalue weighted by Crippen LogP contribution is 2.25. The minimum absolute atomic E-state index is 0.172. The molecule has 1 unspecified atom stereocenters. The third kappa shape index (κ3) is 3.13. The van der Waals surface area contributed by atoms with Gasteiger partial charge in [-0.3, -0.25) is 0 Å². The number of hydrogen-bond donors (Lipinski definition) is 1. The molecule has 1 nitrogen and oxygen atoms in total. The molecule has 2 aromatic rings. The van der Waals surface area contributed by atoms with Crippen molar-refractivity contribution in [2.24, 2.45) is 0 Å². The van der Waals surface area contributed by atoms with Gasteiger partial charge in [-0.25, -0.2) is 13.2 Å². The van der Waals surface area contributed by atoms with Gasteiger partial charge in [-0.1, -0.05) is 29.3 Å². The summed E-state index contributed by atoms with van der Waals surface area (Å²) in [5.41, 5.74) is 2.93. The van der Waals surface area contributed by atoms with Gasteiger partial charge in [-0.2, -0.15) is 0 Å². The van der Waals surface area contributed by atoms with Crippen molar-refractivity contribution in [2.75, 3.05) is 5.32 Å². The molecule has 0 aliphatic carbocycles. The van der Waals surface area contributed by atoms with Crippen molar-refractivity contribution in [1.82, 2.24) is 0 Å². The standard InChI is InChI=1S/C16H16F3N/c1-9-4-10(2)6-12(5-9)11(3)20-15-8-13(17)7-14(18)16(15)19/h4-8,11,20H,1-3H3. The number of rotatable bonds is 3. The maximum absolute atomic E-state index is 13.6. The Labute approximate surface area is 116 Å². The van der Waals surface area contributed by atoms with Gasteiger partial charge in [0.15, 0.2) is 11.6 Å². The van der Waals surface area contributed by atoms with E-state index in [0.717, 1.165) is 22.8 Å². The molecule has 1 atom stereocenters. The Morgan fingerprint density at radius 1 is 0.900 bits per heavy atom. The first-order chi connectivity index (χ1) is 9.36. The second-order valence-electron chi connectivity index (χ2n) is 5.04. The van der Waals surface area contributed by atoms with Gasteiger partial charge >= 0.3 is 0 Å². The molecule has 0 fully saturated rings. The number of anilines is 1. The lowest BCUT2D eigenvalue weighted by molar-refractivity contribution is 0.496. The molecule has 0 spiro atoms. The third-order valence-electron chi connectivity index (χ3n) is 3.11. The van der Waals surface area contributed by atoms with Gasteiger partial charge in [-0.15, -0.1) is 0 Å². The fourth-order valence-corrected chi connectivity index (χ4v) is 2.24. The van der Waals surface area contributed by atoms with Gasteiger partial charge in [0.25, 0.3) is 0 Å². The summed E-state index contributed by atoms with van der Waals surface area (Å²) in [5.74, 6) is -3.07. The summed E-state index contributed by atoms with van der Waals surface area (Å²) in [5, 5.41) is 2.81. The normalized spacial score (nSPS) is 12.3. The molecule has 0 amide bonds. The van der Waals surface area contributed by atoms with Crippen LogP contribution in [-0.2, 0) is 0 Å². The fraction of sp³-hybridized carbons (Fsp3) is 0.250. The van der Waals surface area contributed by atoms with E-state index in [0.29, 0.717) is 6.07 Å². The summed E-state index contributed by atoms with van der Waals surface area (Å²) in [6, 6.07) is 7.17. The molecule has 0 aliphatic rings. The number of aryl methyl sites for hydroxylation is 2. The molecule has 0 aromatic heterocycles. The molecule has 0 aliphatic heterocycles. The maximum atomic E-state index is 13.6. The zero-order valence-corrected chi connectivity index (χ0v) is 11.6. The summed E-state index contributed by atoms with van der Waals surface area (Å²) >= 11 is 0. The van der Waals surface area contributed by atoms with Gasteiger partial charge in [0.2, 0.25) is 0 Å². The van der Waals surface area contributed by atoms with Crippen LogP contribution < -0.4 is 5.32 Å². The lowest BCUT2D eigenvalue weighted by atomic mass is 10.0. The summed E-state index contributed by atoms with van der Waals surface area (Å²) in [4.78, 5) is 0. The zero-order valence-electron chi connectivity index (χ0n) is 11.6. The lowest BCUT2D eigenvalue weighted by Gasteiger charge is -2.17. The molecule has 106 valence electrons. The second kappa shape index (κ2) is 5.57. The topological polar surface area (TPSA) is 12.0 Å². The third-order valence-corrected chi connectivity index (χ3v) is 3.11. The van der Waals surface area contributed by atoms with Gasteiger partial charge in [0, 0.05) is 18.2 Å². The Kier molecular flexibility index (Phi) is 4.02. The Hall–Kier alpha value is -1.97. The first-order valence-corrected chi connectivity index (χ1v) is 6.36. The van der Waals surface area contributed by atoms with Crippen LogP contribution in [0.5, 0.6) is 0 Å². The van der Waals surface area contributed by atoms with E-state index in [4.69, 9.17) is 0 Å². The first-order valence-electron chi connectivity index (χ1n) is 6.36. The summed E-state index contributed by atoms with van der Waals surface area (Å²) < 4.78 is 39.9. The SMILES string of the molecule is Cc1cc(C)cc(C(C)Nc2cc(F)cc(F)c2F)c1. The summed E-state index contributed by atoms with van der Waals surface area (Å²) in [7, 11) is 0. The molecule has 4 heteroatoms. The predicted molar refractivity (Wildman–Crippen MR) is 74.3 cm³/mol. The van der Waals surface area contributed by atoms with Crippen LogP contribution in [0.15, 0.2) is 30.3 Å². The largest absolute Gasteiger partial charge is 0.376 e. The molecular weight excluding hydrogens is 263 g/mol. The highest BCUT2D eigenvalue weighted by molar-refractivity contribution is 5.48. The average molecular weight is 279 g/mol. The molecule has 2 aromatic carbocycles. The molecule has 0 heterocycles. The summed E-state index contributed by atoms with van der Waals surface area (Å²) in [6.07, 6.45) is 0. The molecule has 2 rings (SSSR count). The van der Waals surface area contributed by atoms with Crippen molar-refractivity contribution >= 4 is 5.69 Å². The van der Waals surface area contributed by atoms with Crippen LogP contribution in [0.2, 0.25) is 0 Å². The highest BCUT2D eigenvalue weighted by Gasteiger charge is 2.14. The Balaban J connectivity index is 2.30. The van der Waals surface area contributed by atoms with E-state index in [2.05, 4.69) is 5.32 Å². The Morgan fingerprint density at radius 3 is 2.10 bits per heavy atom. The van der Waals surface area contributed by atoms with Crippen molar-refractivity contribution < 1.29 is 13.2 Å². The van der Waals surface area contributed by atoms with E-state index in [9.17, 15) is 13.2 Å². The van der Waals surface area contributed by atoms with E-state index in [1.165, 1.54) is 0 Å². The average Bonchev–Trinajstić information content (AvgIpc) is 2.34. The van der Waals surface area contributed by atoms with Gasteiger partial charge in [0.05, 0.1) is 5.69 Å². The Bertz CT molecular complexity index is 618.